The van der Waals surface area contributed by atoms with E-state index in [1.807, 2.05) is 6.07 Å². The Morgan fingerprint density at radius 1 is 1.25 bits per heavy atom. The van der Waals surface area contributed by atoms with E-state index in [1.165, 1.54) is 19.2 Å². The first kappa shape index (κ1) is 17.6. The summed E-state index contributed by atoms with van der Waals surface area (Å²) in [5, 5.41) is 13.5. The molecule has 0 unspecified atom stereocenters. The molecule has 1 amide bonds. The minimum Gasteiger partial charge on any atom is -0.493 e. The number of carbonyl (C=O) groups is 1. The number of non-ortho nitro benzene ring substituents is 1. The number of nitro groups is 1. The highest BCUT2D eigenvalue weighted by Crippen LogP contribution is 2.25. The number of ether oxygens (including phenoxy) is 2. The van der Waals surface area contributed by atoms with E-state index in [0.29, 0.717) is 11.5 Å². The average Bonchev–Trinajstić information content (AvgIpc) is 2.59. The Kier molecular flexibility index (Phi) is 5.97. The third-order valence-corrected chi connectivity index (χ3v) is 3.45. The van der Waals surface area contributed by atoms with Gasteiger partial charge in [-0.2, -0.15) is 0 Å². The predicted octanol–water partition coefficient (Wildman–Crippen LogP) is 3.07. The molecule has 0 atom stereocenters. The lowest BCUT2D eigenvalue weighted by molar-refractivity contribution is -0.384. The number of hydrogen-bond acceptors (Lipinski definition) is 5. The fourth-order valence-electron chi connectivity index (χ4n) is 1.96. The van der Waals surface area contributed by atoms with Crippen LogP contribution >= 0.6 is 11.6 Å². The van der Waals surface area contributed by atoms with Crippen LogP contribution in [0.3, 0.4) is 0 Å². The molecule has 0 saturated heterocycles. The highest BCUT2D eigenvalue weighted by Gasteiger charge is 2.15. The molecule has 8 heteroatoms. The second-order valence-corrected chi connectivity index (χ2v) is 5.08. The van der Waals surface area contributed by atoms with Crippen LogP contribution in [0.25, 0.3) is 0 Å². The van der Waals surface area contributed by atoms with Gasteiger partial charge in [0.1, 0.15) is 6.61 Å². The fourth-order valence-corrected chi connectivity index (χ4v) is 2.16. The SMILES string of the molecule is COc1ccccc1OCCNC(=O)c1cc([N+](=O)[O-])ccc1Cl. The van der Waals surface area contributed by atoms with Crippen LogP contribution in [0.5, 0.6) is 11.5 Å². The van der Waals surface area contributed by atoms with E-state index in [1.54, 1.807) is 18.2 Å². The first-order chi connectivity index (χ1) is 11.5. The molecule has 2 aromatic carbocycles. The van der Waals surface area contributed by atoms with Gasteiger partial charge in [-0.3, -0.25) is 14.9 Å². The van der Waals surface area contributed by atoms with Gasteiger partial charge < -0.3 is 14.8 Å². The van der Waals surface area contributed by atoms with Gasteiger partial charge in [0.25, 0.3) is 11.6 Å². The number of halogens is 1. The number of nitrogens with one attached hydrogen (secondary N) is 1. The Bertz CT molecular complexity index is 751. The number of benzene rings is 2. The van der Waals surface area contributed by atoms with E-state index in [4.69, 9.17) is 21.1 Å². The molecule has 0 radical (unpaired) electrons. The number of hydrogen-bond donors (Lipinski definition) is 1. The monoisotopic (exact) mass is 350 g/mol. The van der Waals surface area contributed by atoms with Crippen LogP contribution < -0.4 is 14.8 Å². The van der Waals surface area contributed by atoms with Crippen LogP contribution in [0.4, 0.5) is 5.69 Å². The van der Waals surface area contributed by atoms with Gasteiger partial charge in [-0.1, -0.05) is 23.7 Å². The van der Waals surface area contributed by atoms with Crippen LogP contribution in [0, 0.1) is 10.1 Å². The van der Waals surface area contributed by atoms with Crippen molar-refractivity contribution in [3.05, 3.63) is 63.2 Å². The van der Waals surface area contributed by atoms with Gasteiger partial charge in [-0.25, -0.2) is 0 Å². The normalized spacial score (nSPS) is 10.1. The van der Waals surface area contributed by atoms with E-state index < -0.39 is 10.8 Å². The maximum Gasteiger partial charge on any atom is 0.270 e. The van der Waals surface area contributed by atoms with Gasteiger partial charge in [-0.15, -0.1) is 0 Å². The molecule has 0 saturated carbocycles. The molecule has 2 rings (SSSR count). The van der Waals surface area contributed by atoms with Gasteiger partial charge in [0.15, 0.2) is 11.5 Å². The van der Waals surface area contributed by atoms with E-state index in [-0.39, 0.29) is 29.4 Å². The smallest absolute Gasteiger partial charge is 0.270 e. The zero-order valence-electron chi connectivity index (χ0n) is 12.8. The lowest BCUT2D eigenvalue weighted by Crippen LogP contribution is -2.28. The molecular formula is C16H15ClN2O5. The molecule has 0 bridgehead atoms. The zero-order chi connectivity index (χ0) is 17.5. The summed E-state index contributed by atoms with van der Waals surface area (Å²) < 4.78 is 10.7. The van der Waals surface area contributed by atoms with Gasteiger partial charge >= 0.3 is 0 Å². The van der Waals surface area contributed by atoms with E-state index in [9.17, 15) is 14.9 Å². The quantitative estimate of drug-likeness (QED) is 0.471. The van der Waals surface area contributed by atoms with Crippen molar-refractivity contribution in [2.24, 2.45) is 0 Å². The molecule has 0 aliphatic carbocycles. The number of methoxy groups -OCH3 is 1. The third-order valence-electron chi connectivity index (χ3n) is 3.12. The van der Waals surface area contributed by atoms with Crippen LogP contribution in [0.2, 0.25) is 5.02 Å². The van der Waals surface area contributed by atoms with Crippen LogP contribution in [0.15, 0.2) is 42.5 Å². The van der Waals surface area contributed by atoms with Gasteiger partial charge in [0, 0.05) is 12.1 Å². The summed E-state index contributed by atoms with van der Waals surface area (Å²) in [5.74, 6) is 0.639. The summed E-state index contributed by atoms with van der Waals surface area (Å²) in [6.45, 7) is 0.411. The average molecular weight is 351 g/mol. The number of amides is 1. The van der Waals surface area contributed by atoms with Crippen LogP contribution in [-0.2, 0) is 0 Å². The number of rotatable bonds is 7. The minimum atomic E-state index is -0.585. The van der Waals surface area contributed by atoms with Crippen molar-refractivity contribution >= 4 is 23.2 Å². The summed E-state index contributed by atoms with van der Waals surface area (Å²) in [5.41, 5.74) is -0.155. The second kappa shape index (κ2) is 8.16. The largest absolute Gasteiger partial charge is 0.493 e. The number of para-hydroxylation sites is 2. The molecule has 0 heterocycles. The van der Waals surface area contributed by atoms with E-state index >= 15 is 0 Å². The molecule has 1 N–H and O–H groups in total. The molecule has 7 nitrogen and oxygen atoms in total. The Balaban J connectivity index is 1.92. The maximum atomic E-state index is 12.1. The van der Waals surface area contributed by atoms with Crippen molar-refractivity contribution in [3.8, 4) is 11.5 Å². The van der Waals surface area contributed by atoms with Gasteiger partial charge in [0.2, 0.25) is 0 Å². The molecule has 0 aliphatic rings. The van der Waals surface area contributed by atoms with Crippen molar-refractivity contribution < 1.29 is 19.2 Å². The molecule has 126 valence electrons. The molecule has 0 aliphatic heterocycles. The van der Waals surface area contributed by atoms with Crippen molar-refractivity contribution in [2.75, 3.05) is 20.3 Å². The van der Waals surface area contributed by atoms with Crippen molar-refractivity contribution in [1.29, 1.82) is 0 Å². The molecule has 0 fully saturated rings. The lowest BCUT2D eigenvalue weighted by atomic mass is 10.2. The Morgan fingerprint density at radius 2 is 1.96 bits per heavy atom. The van der Waals surface area contributed by atoms with Crippen molar-refractivity contribution in [2.45, 2.75) is 0 Å². The van der Waals surface area contributed by atoms with Gasteiger partial charge in [0.05, 0.1) is 29.2 Å². The van der Waals surface area contributed by atoms with Crippen LogP contribution in [0.1, 0.15) is 10.4 Å². The lowest BCUT2D eigenvalue weighted by Gasteiger charge is -2.11. The topological polar surface area (TPSA) is 90.7 Å². The standard InChI is InChI=1S/C16H15ClN2O5/c1-23-14-4-2-3-5-15(14)24-9-8-18-16(20)12-10-11(19(21)22)6-7-13(12)17/h2-7,10H,8-9H2,1H3,(H,18,20). The summed E-state index contributed by atoms with van der Waals surface area (Å²) >= 11 is 5.91. The Labute approximate surface area is 143 Å². The third kappa shape index (κ3) is 4.36. The summed E-state index contributed by atoms with van der Waals surface area (Å²) in [4.78, 5) is 22.3. The summed E-state index contributed by atoms with van der Waals surface area (Å²) in [7, 11) is 1.54. The van der Waals surface area contributed by atoms with Crippen molar-refractivity contribution in [1.82, 2.24) is 5.32 Å². The number of carbonyl (C=O) groups excluding carboxylic acids is 1. The first-order valence-corrected chi connectivity index (χ1v) is 7.38. The molecular weight excluding hydrogens is 336 g/mol. The summed E-state index contributed by atoms with van der Waals surface area (Å²) in [6, 6.07) is 10.8. The molecule has 2 aromatic rings. The second-order valence-electron chi connectivity index (χ2n) is 4.68. The highest BCUT2D eigenvalue weighted by atomic mass is 35.5. The minimum absolute atomic E-state index is 0.0446. The number of nitro benzene ring substituents is 1. The summed E-state index contributed by atoms with van der Waals surface area (Å²) in [6.07, 6.45) is 0. The number of nitrogens with zero attached hydrogens (tertiary/aromatic N) is 1. The highest BCUT2D eigenvalue weighted by molar-refractivity contribution is 6.33. The predicted molar refractivity (Wildman–Crippen MR) is 88.9 cm³/mol. The van der Waals surface area contributed by atoms with Gasteiger partial charge in [-0.05, 0) is 18.2 Å². The molecule has 24 heavy (non-hydrogen) atoms. The maximum absolute atomic E-state index is 12.1. The fraction of sp³-hybridized carbons (Fsp3) is 0.188. The van der Waals surface area contributed by atoms with Crippen LogP contribution in [-0.4, -0.2) is 31.1 Å². The van der Waals surface area contributed by atoms with E-state index in [2.05, 4.69) is 5.32 Å². The Morgan fingerprint density at radius 3 is 2.62 bits per heavy atom. The van der Waals surface area contributed by atoms with Crippen molar-refractivity contribution in [3.63, 3.8) is 0 Å². The van der Waals surface area contributed by atoms with E-state index in [0.717, 1.165) is 6.07 Å². The molecule has 0 aromatic heterocycles. The molecule has 0 spiro atoms. The first-order valence-electron chi connectivity index (χ1n) is 7.01. The Hall–Kier alpha value is -2.80. The zero-order valence-corrected chi connectivity index (χ0v) is 13.6.